The molecular weight excluding hydrogens is 486 g/mol. The third kappa shape index (κ3) is 4.79. The fourth-order valence-corrected chi connectivity index (χ4v) is 5.48. The number of thioether (sulfide) groups is 1. The van der Waals surface area contributed by atoms with Gasteiger partial charge in [0.2, 0.25) is 0 Å². The summed E-state index contributed by atoms with van der Waals surface area (Å²) in [5.41, 5.74) is 4.09. The molecule has 170 valence electrons. The van der Waals surface area contributed by atoms with E-state index in [1.165, 1.54) is 23.7 Å². The largest absolute Gasteiger partial charge is 0.481 e. The molecule has 1 heterocycles. The Morgan fingerprint density at radius 2 is 1.84 bits per heavy atom. The van der Waals surface area contributed by atoms with E-state index >= 15 is 0 Å². The number of benzene rings is 2. The number of hydrogen-bond donors (Lipinski definition) is 1. The van der Waals surface area contributed by atoms with Crippen LogP contribution in [0.15, 0.2) is 58.5 Å². The topological polar surface area (TPSA) is 65.3 Å². The van der Waals surface area contributed by atoms with Crippen molar-refractivity contribution >= 4 is 57.1 Å². The van der Waals surface area contributed by atoms with Crippen molar-refractivity contribution in [2.24, 2.45) is 9.98 Å². The molecule has 0 saturated heterocycles. The second-order valence-electron chi connectivity index (χ2n) is 8.21. The smallest absolute Gasteiger partial charge is 0.313 e. The molecule has 0 bridgehead atoms. The zero-order chi connectivity index (χ0) is 21.8. The molecule has 0 amide bonds. The van der Waals surface area contributed by atoms with Crippen molar-refractivity contribution in [3.8, 4) is 0 Å². The number of carbonyl (C=O) groups is 1. The van der Waals surface area contributed by atoms with Gasteiger partial charge in [-0.25, -0.2) is 9.98 Å². The van der Waals surface area contributed by atoms with Crippen molar-refractivity contribution in [1.29, 1.82) is 0 Å². The molecular formula is C25H30BrN3O2S. The van der Waals surface area contributed by atoms with Gasteiger partial charge >= 0.3 is 5.97 Å². The molecule has 2 aromatic rings. The Bertz CT molecular complexity index is 1020. The summed E-state index contributed by atoms with van der Waals surface area (Å²) in [5.74, 6) is -0.0280. The number of anilines is 1. The van der Waals surface area contributed by atoms with E-state index in [-0.39, 0.29) is 28.3 Å². The highest BCUT2D eigenvalue weighted by Crippen LogP contribution is 2.45. The third-order valence-electron chi connectivity index (χ3n) is 6.18. The van der Waals surface area contributed by atoms with Crippen LogP contribution in [0.1, 0.15) is 50.2 Å². The summed E-state index contributed by atoms with van der Waals surface area (Å²) in [6, 6.07) is 16.5. The maximum absolute atomic E-state index is 11.3. The maximum atomic E-state index is 11.3. The highest BCUT2D eigenvalue weighted by Gasteiger charge is 2.49. The van der Waals surface area contributed by atoms with Crippen LogP contribution in [-0.2, 0) is 11.2 Å². The molecule has 32 heavy (non-hydrogen) atoms. The number of carboxylic acids is 1. The number of carboxylic acid groups (broad SMARTS) is 1. The zero-order valence-electron chi connectivity index (χ0n) is 18.6. The first kappa shape index (κ1) is 24.5. The molecule has 2 aromatic carbocycles. The van der Waals surface area contributed by atoms with Gasteiger partial charge in [-0.05, 0) is 49.4 Å². The van der Waals surface area contributed by atoms with Gasteiger partial charge in [-0.2, -0.15) is 0 Å². The normalized spacial score (nSPS) is 18.5. The number of aliphatic imine (C=N–C) groups is 2. The Morgan fingerprint density at radius 3 is 2.50 bits per heavy atom. The summed E-state index contributed by atoms with van der Waals surface area (Å²) >= 11 is 1.29. The van der Waals surface area contributed by atoms with E-state index in [0.29, 0.717) is 0 Å². The molecule has 1 N–H and O–H groups in total. The predicted octanol–water partition coefficient (Wildman–Crippen LogP) is 6.56. The predicted molar refractivity (Wildman–Crippen MR) is 140 cm³/mol. The highest BCUT2D eigenvalue weighted by molar-refractivity contribution is 8.93. The van der Waals surface area contributed by atoms with Gasteiger partial charge in [0.25, 0.3) is 0 Å². The molecule has 4 rings (SSSR count). The lowest BCUT2D eigenvalue weighted by Crippen LogP contribution is -2.52. The van der Waals surface area contributed by atoms with Crippen LogP contribution in [0.2, 0.25) is 0 Å². The van der Waals surface area contributed by atoms with E-state index in [2.05, 4.69) is 49.1 Å². The molecule has 7 heteroatoms. The Kier molecular flexibility index (Phi) is 8.17. The van der Waals surface area contributed by atoms with Crippen LogP contribution in [0.5, 0.6) is 0 Å². The van der Waals surface area contributed by atoms with Crippen LogP contribution in [0.4, 0.5) is 11.4 Å². The van der Waals surface area contributed by atoms with Crippen LogP contribution < -0.4 is 4.90 Å². The molecule has 1 aliphatic heterocycles. The van der Waals surface area contributed by atoms with Crippen molar-refractivity contribution in [3.63, 3.8) is 0 Å². The van der Waals surface area contributed by atoms with Gasteiger partial charge in [-0.1, -0.05) is 74.3 Å². The SMILES string of the molecule is Br.CCc1cccc(C)c1N=C1N=C(SCC(=O)O)N(c2ccccc2)C12CCCCC2. The third-order valence-corrected chi connectivity index (χ3v) is 7.10. The van der Waals surface area contributed by atoms with Crippen molar-refractivity contribution in [3.05, 3.63) is 59.7 Å². The van der Waals surface area contributed by atoms with E-state index in [4.69, 9.17) is 9.98 Å². The van der Waals surface area contributed by atoms with E-state index < -0.39 is 5.97 Å². The van der Waals surface area contributed by atoms with Crippen LogP contribution in [-0.4, -0.2) is 33.4 Å². The van der Waals surface area contributed by atoms with Gasteiger partial charge in [-0.3, -0.25) is 4.79 Å². The molecule has 0 atom stereocenters. The molecule has 0 unspecified atom stereocenters. The summed E-state index contributed by atoms with van der Waals surface area (Å²) in [5, 5.41) is 10.1. The second kappa shape index (κ2) is 10.7. The minimum Gasteiger partial charge on any atom is -0.481 e. The van der Waals surface area contributed by atoms with Gasteiger partial charge < -0.3 is 10.0 Å². The van der Waals surface area contributed by atoms with E-state index in [9.17, 15) is 9.90 Å². The highest BCUT2D eigenvalue weighted by atomic mass is 79.9. The number of halogens is 1. The first-order valence-electron chi connectivity index (χ1n) is 11.0. The number of hydrogen-bond acceptors (Lipinski definition) is 4. The molecule has 5 nitrogen and oxygen atoms in total. The van der Waals surface area contributed by atoms with Gasteiger partial charge in [0.15, 0.2) is 11.0 Å². The van der Waals surface area contributed by atoms with Gasteiger partial charge in [-0.15, -0.1) is 17.0 Å². The fourth-order valence-electron chi connectivity index (χ4n) is 4.67. The summed E-state index contributed by atoms with van der Waals surface area (Å²) in [4.78, 5) is 23.8. The molecule has 0 radical (unpaired) electrons. The molecule has 1 spiro atoms. The number of nitrogens with zero attached hydrogens (tertiary/aromatic N) is 3. The van der Waals surface area contributed by atoms with Crippen molar-refractivity contribution in [2.45, 2.75) is 57.9 Å². The average molecular weight is 517 g/mol. The zero-order valence-corrected chi connectivity index (χ0v) is 21.1. The quantitative estimate of drug-likeness (QED) is 0.489. The number of aryl methyl sites for hydroxylation is 2. The Balaban J connectivity index is 0.00000289. The molecule has 2 aliphatic rings. The lowest BCUT2D eigenvalue weighted by Gasteiger charge is -2.42. The number of para-hydroxylation sites is 2. The first-order chi connectivity index (χ1) is 15.0. The summed E-state index contributed by atoms with van der Waals surface area (Å²) in [6.45, 7) is 4.25. The van der Waals surface area contributed by atoms with Gasteiger partial charge in [0.1, 0.15) is 5.54 Å². The number of amidine groups is 2. The van der Waals surface area contributed by atoms with Crippen LogP contribution >= 0.6 is 28.7 Å². The molecule has 0 aromatic heterocycles. The maximum Gasteiger partial charge on any atom is 0.313 e. The monoisotopic (exact) mass is 515 g/mol. The minimum atomic E-state index is -0.837. The van der Waals surface area contributed by atoms with E-state index in [0.717, 1.165) is 60.0 Å². The standard InChI is InChI=1S/C25H29N3O2S.BrH/c1-3-19-12-10-11-18(2)22(19)26-23-25(15-8-5-9-16-25)28(20-13-6-4-7-14-20)24(27-23)31-17-21(29)30;/h4,6-7,10-14H,3,5,8-9,15-17H2,1-2H3,(H,29,30);1H. The van der Waals surface area contributed by atoms with Gasteiger partial charge in [0, 0.05) is 5.69 Å². The van der Waals surface area contributed by atoms with Crippen LogP contribution in [0, 0.1) is 6.92 Å². The number of rotatable bonds is 5. The minimum absolute atomic E-state index is 0. The van der Waals surface area contributed by atoms with Crippen LogP contribution in [0.25, 0.3) is 0 Å². The van der Waals surface area contributed by atoms with Crippen molar-refractivity contribution in [2.75, 3.05) is 10.7 Å². The summed E-state index contributed by atoms with van der Waals surface area (Å²) < 4.78 is 0. The van der Waals surface area contributed by atoms with Crippen LogP contribution in [0.3, 0.4) is 0 Å². The lowest BCUT2D eigenvalue weighted by molar-refractivity contribution is -0.133. The fraction of sp³-hybridized carbons (Fsp3) is 0.400. The summed E-state index contributed by atoms with van der Waals surface area (Å²) in [6.07, 6.45) is 6.28. The van der Waals surface area contributed by atoms with Crippen molar-refractivity contribution in [1.82, 2.24) is 0 Å². The average Bonchev–Trinajstić information content (AvgIpc) is 3.07. The lowest BCUT2D eigenvalue weighted by atomic mass is 9.79. The van der Waals surface area contributed by atoms with E-state index in [1.54, 1.807) is 0 Å². The summed E-state index contributed by atoms with van der Waals surface area (Å²) in [7, 11) is 0. The van der Waals surface area contributed by atoms with Crippen molar-refractivity contribution < 1.29 is 9.90 Å². The molecule has 1 saturated carbocycles. The van der Waals surface area contributed by atoms with Gasteiger partial charge in [0.05, 0.1) is 11.4 Å². The van der Waals surface area contributed by atoms with E-state index in [1.807, 2.05) is 18.2 Å². The second-order valence-corrected chi connectivity index (χ2v) is 9.15. The molecule has 1 aliphatic carbocycles. The Hall–Kier alpha value is -2.12. The Morgan fingerprint density at radius 1 is 1.12 bits per heavy atom. The molecule has 1 fully saturated rings. The first-order valence-corrected chi connectivity index (χ1v) is 12.0. The Labute approximate surface area is 204 Å². The number of aliphatic carboxylic acids is 1.